The SMILES string of the molecule is N[C@@H](CCCCNC(=O)CCCNS(=O)(=O)c1c(F)c(F)c(F)c(F)c1F)C(=O)N1CCCC1. The summed E-state index contributed by atoms with van der Waals surface area (Å²) in [6.07, 6.45) is 3.38. The second-order valence-corrected chi connectivity index (χ2v) is 9.59. The number of carbonyl (C=O) groups is 2. The van der Waals surface area contributed by atoms with Crippen LogP contribution in [0.1, 0.15) is 44.9 Å². The molecule has 0 bridgehead atoms. The number of hydrogen-bond acceptors (Lipinski definition) is 5. The molecular weight excluding hydrogens is 487 g/mol. The predicted octanol–water partition coefficient (Wildman–Crippen LogP) is 1.68. The van der Waals surface area contributed by atoms with Crippen LogP contribution >= 0.6 is 0 Å². The van der Waals surface area contributed by atoms with Gasteiger partial charge >= 0.3 is 0 Å². The van der Waals surface area contributed by atoms with Crippen LogP contribution in [0.25, 0.3) is 0 Å². The Bertz CT molecular complexity index is 974. The Morgan fingerprint density at radius 3 is 2.03 bits per heavy atom. The second kappa shape index (κ2) is 12.4. The zero-order valence-electron chi connectivity index (χ0n) is 18.3. The van der Waals surface area contributed by atoms with Crippen molar-refractivity contribution in [3.05, 3.63) is 29.1 Å². The summed E-state index contributed by atoms with van der Waals surface area (Å²) in [5.74, 6) is -12.7. The van der Waals surface area contributed by atoms with Crippen molar-refractivity contribution in [3.8, 4) is 0 Å². The number of nitrogens with one attached hydrogen (secondary N) is 2. The van der Waals surface area contributed by atoms with Gasteiger partial charge in [-0.1, -0.05) is 0 Å². The summed E-state index contributed by atoms with van der Waals surface area (Å²) in [5, 5.41) is 2.60. The van der Waals surface area contributed by atoms with E-state index in [1.54, 1.807) is 9.62 Å². The summed E-state index contributed by atoms with van der Waals surface area (Å²) in [6, 6.07) is -0.584. The Morgan fingerprint density at radius 2 is 1.44 bits per heavy atom. The fraction of sp³-hybridized carbons (Fsp3) is 0.600. The molecule has 1 fully saturated rings. The van der Waals surface area contributed by atoms with Crippen LogP contribution in [-0.4, -0.2) is 57.4 Å². The normalized spacial score (nSPS) is 14.9. The number of sulfonamides is 1. The molecule has 1 aromatic carbocycles. The first kappa shape index (κ1) is 27.9. The van der Waals surface area contributed by atoms with E-state index in [4.69, 9.17) is 5.73 Å². The topological polar surface area (TPSA) is 122 Å². The minimum Gasteiger partial charge on any atom is -0.356 e. The van der Waals surface area contributed by atoms with Gasteiger partial charge in [0.15, 0.2) is 28.2 Å². The molecule has 8 nitrogen and oxygen atoms in total. The zero-order chi connectivity index (χ0) is 25.5. The van der Waals surface area contributed by atoms with Gasteiger partial charge in [-0.15, -0.1) is 0 Å². The lowest BCUT2D eigenvalue weighted by atomic mass is 10.1. The molecule has 1 heterocycles. The highest BCUT2D eigenvalue weighted by atomic mass is 32.2. The molecule has 2 rings (SSSR count). The lowest BCUT2D eigenvalue weighted by molar-refractivity contribution is -0.131. The van der Waals surface area contributed by atoms with Gasteiger partial charge in [-0.2, -0.15) is 0 Å². The number of carbonyl (C=O) groups excluding carboxylic acids is 2. The maximum absolute atomic E-state index is 13.7. The second-order valence-electron chi connectivity index (χ2n) is 7.88. The minimum absolute atomic E-state index is 0.0742. The summed E-state index contributed by atoms with van der Waals surface area (Å²) in [4.78, 5) is 23.7. The average molecular weight is 515 g/mol. The van der Waals surface area contributed by atoms with E-state index in [1.165, 1.54) is 0 Å². The average Bonchev–Trinajstić information content (AvgIpc) is 3.33. The van der Waals surface area contributed by atoms with Gasteiger partial charge in [0.05, 0.1) is 6.04 Å². The first-order valence-electron chi connectivity index (χ1n) is 10.8. The molecule has 0 radical (unpaired) electrons. The third-order valence-corrected chi connectivity index (χ3v) is 6.79. The Morgan fingerprint density at radius 1 is 0.882 bits per heavy atom. The molecule has 1 atom stereocenters. The van der Waals surface area contributed by atoms with E-state index in [2.05, 4.69) is 5.32 Å². The summed E-state index contributed by atoms with van der Waals surface area (Å²) in [7, 11) is -5.05. The molecule has 4 N–H and O–H groups in total. The third kappa shape index (κ3) is 7.09. The van der Waals surface area contributed by atoms with E-state index < -0.39 is 62.5 Å². The molecule has 0 unspecified atom stereocenters. The first-order chi connectivity index (χ1) is 16.0. The minimum atomic E-state index is -5.05. The zero-order valence-corrected chi connectivity index (χ0v) is 19.1. The summed E-state index contributed by atoms with van der Waals surface area (Å²) >= 11 is 0. The van der Waals surface area contributed by atoms with Crippen LogP contribution in [0.4, 0.5) is 22.0 Å². The van der Waals surface area contributed by atoms with Gasteiger partial charge in [0, 0.05) is 32.6 Å². The van der Waals surface area contributed by atoms with Crippen LogP contribution in [0.5, 0.6) is 0 Å². The van der Waals surface area contributed by atoms with Crippen LogP contribution in [-0.2, 0) is 19.6 Å². The highest BCUT2D eigenvalue weighted by Crippen LogP contribution is 2.26. The Hall–Kier alpha value is -2.32. The van der Waals surface area contributed by atoms with E-state index >= 15 is 0 Å². The van der Waals surface area contributed by atoms with Crippen molar-refractivity contribution in [2.75, 3.05) is 26.2 Å². The van der Waals surface area contributed by atoms with Crippen molar-refractivity contribution in [1.29, 1.82) is 0 Å². The molecule has 14 heteroatoms. The quantitative estimate of drug-likeness (QED) is 0.170. The number of halogens is 5. The largest absolute Gasteiger partial charge is 0.356 e. The van der Waals surface area contributed by atoms with Gasteiger partial charge in [0.1, 0.15) is 0 Å². The monoisotopic (exact) mass is 514 g/mol. The third-order valence-electron chi connectivity index (χ3n) is 5.31. The van der Waals surface area contributed by atoms with E-state index in [0.29, 0.717) is 25.8 Å². The van der Waals surface area contributed by atoms with Crippen LogP contribution in [0.3, 0.4) is 0 Å². The van der Waals surface area contributed by atoms with Gasteiger partial charge in [-0.25, -0.2) is 35.1 Å². The molecule has 0 aromatic heterocycles. The van der Waals surface area contributed by atoms with Gasteiger partial charge < -0.3 is 16.0 Å². The van der Waals surface area contributed by atoms with E-state index in [-0.39, 0.29) is 18.7 Å². The number of unbranched alkanes of at least 4 members (excludes halogenated alkanes) is 1. The van der Waals surface area contributed by atoms with Crippen molar-refractivity contribution in [2.45, 2.75) is 55.9 Å². The van der Waals surface area contributed by atoms with E-state index in [0.717, 1.165) is 25.9 Å². The molecule has 1 aromatic rings. The molecule has 34 heavy (non-hydrogen) atoms. The number of hydrogen-bond donors (Lipinski definition) is 3. The van der Waals surface area contributed by atoms with Crippen molar-refractivity contribution in [1.82, 2.24) is 14.9 Å². The lowest BCUT2D eigenvalue weighted by Crippen LogP contribution is -2.42. The Balaban J connectivity index is 1.67. The fourth-order valence-corrected chi connectivity index (χ4v) is 4.66. The number of benzene rings is 1. The number of likely N-dealkylation sites (tertiary alicyclic amines) is 1. The van der Waals surface area contributed by atoms with Crippen LogP contribution in [0, 0.1) is 29.1 Å². The van der Waals surface area contributed by atoms with Gasteiger partial charge in [0.2, 0.25) is 27.7 Å². The fourth-order valence-electron chi connectivity index (χ4n) is 3.45. The smallest absolute Gasteiger partial charge is 0.246 e. The molecular formula is C20H27F5N4O4S. The van der Waals surface area contributed by atoms with Crippen LogP contribution < -0.4 is 15.8 Å². The number of rotatable bonds is 12. The molecule has 1 aliphatic heterocycles. The summed E-state index contributed by atoms with van der Waals surface area (Å²) in [5.41, 5.74) is 5.90. The molecule has 2 amide bonds. The Labute approximate surface area is 194 Å². The van der Waals surface area contributed by atoms with Gasteiger partial charge in [0.25, 0.3) is 0 Å². The van der Waals surface area contributed by atoms with E-state index in [1.807, 2.05) is 0 Å². The maximum Gasteiger partial charge on any atom is 0.246 e. The highest BCUT2D eigenvalue weighted by Gasteiger charge is 2.33. The van der Waals surface area contributed by atoms with Crippen molar-refractivity contribution >= 4 is 21.8 Å². The van der Waals surface area contributed by atoms with Crippen LogP contribution in [0.15, 0.2) is 4.90 Å². The molecule has 1 saturated heterocycles. The first-order valence-corrected chi connectivity index (χ1v) is 12.3. The highest BCUT2D eigenvalue weighted by molar-refractivity contribution is 7.89. The predicted molar refractivity (Wildman–Crippen MR) is 111 cm³/mol. The lowest BCUT2D eigenvalue weighted by Gasteiger charge is -2.20. The van der Waals surface area contributed by atoms with Crippen molar-refractivity contribution < 1.29 is 40.0 Å². The van der Waals surface area contributed by atoms with Crippen molar-refractivity contribution in [3.63, 3.8) is 0 Å². The van der Waals surface area contributed by atoms with Gasteiger partial charge in [-0.3, -0.25) is 9.59 Å². The summed E-state index contributed by atoms with van der Waals surface area (Å²) in [6.45, 7) is 1.28. The maximum atomic E-state index is 13.7. The van der Waals surface area contributed by atoms with Crippen molar-refractivity contribution in [2.24, 2.45) is 5.73 Å². The Kier molecular flexibility index (Phi) is 10.2. The number of amides is 2. The van der Waals surface area contributed by atoms with Gasteiger partial charge in [-0.05, 0) is 38.5 Å². The summed E-state index contributed by atoms with van der Waals surface area (Å²) < 4.78 is 92.5. The molecule has 1 aliphatic rings. The molecule has 0 aliphatic carbocycles. The molecule has 0 spiro atoms. The molecule has 192 valence electrons. The van der Waals surface area contributed by atoms with E-state index in [9.17, 15) is 40.0 Å². The number of nitrogens with two attached hydrogens (primary N) is 1. The van der Waals surface area contributed by atoms with Crippen LogP contribution in [0.2, 0.25) is 0 Å². The standard InChI is InChI=1S/C20H27F5N4O4S/c21-14-15(22)17(24)19(18(25)16(14)23)34(32,33)28-9-5-7-13(30)27-8-2-1-6-12(26)20(31)29-10-3-4-11-29/h12,28H,1-11,26H2,(H,27,30)/t12-/m0/s1. The number of nitrogens with zero attached hydrogens (tertiary/aromatic N) is 1. The molecule has 0 saturated carbocycles.